The molecule has 1 amide bonds. The Labute approximate surface area is 114 Å². The predicted octanol–water partition coefficient (Wildman–Crippen LogP) is 2.01. The predicted molar refractivity (Wildman–Crippen MR) is 74.3 cm³/mol. The van der Waals surface area contributed by atoms with E-state index in [9.17, 15) is 4.79 Å². The first-order chi connectivity index (χ1) is 9.20. The summed E-state index contributed by atoms with van der Waals surface area (Å²) >= 11 is 0. The summed E-state index contributed by atoms with van der Waals surface area (Å²) in [4.78, 5) is 11.7. The molecule has 0 saturated heterocycles. The number of hydrogen-bond donors (Lipinski definition) is 2. The van der Waals surface area contributed by atoms with Crippen LogP contribution in [-0.4, -0.2) is 17.6 Å². The fraction of sp³-hybridized carbons (Fsp3) is 0.438. The largest absolute Gasteiger partial charge is 0.395 e. The van der Waals surface area contributed by atoms with Crippen molar-refractivity contribution in [3.05, 3.63) is 35.4 Å². The highest BCUT2D eigenvalue weighted by molar-refractivity contribution is 5.81. The quantitative estimate of drug-likeness (QED) is 0.811. The van der Waals surface area contributed by atoms with Crippen LogP contribution in [0, 0.1) is 17.8 Å². The molecule has 2 N–H and O–H groups in total. The van der Waals surface area contributed by atoms with Gasteiger partial charge in [0.15, 0.2) is 0 Å². The molecule has 1 aliphatic rings. The molecule has 1 saturated carbocycles. The molecule has 1 aliphatic carbocycles. The number of nitrogens with one attached hydrogen (secondary N) is 1. The Morgan fingerprint density at radius 3 is 3.00 bits per heavy atom. The van der Waals surface area contributed by atoms with Gasteiger partial charge in [0.25, 0.3) is 0 Å². The third kappa shape index (κ3) is 4.11. The monoisotopic (exact) mass is 257 g/mol. The van der Waals surface area contributed by atoms with Crippen LogP contribution in [0.4, 0.5) is 0 Å². The van der Waals surface area contributed by atoms with Crippen LogP contribution in [0.15, 0.2) is 24.3 Å². The van der Waals surface area contributed by atoms with Gasteiger partial charge >= 0.3 is 0 Å². The molecule has 0 heterocycles. The van der Waals surface area contributed by atoms with Crippen LogP contribution in [-0.2, 0) is 4.79 Å². The topological polar surface area (TPSA) is 49.3 Å². The minimum Gasteiger partial charge on any atom is -0.395 e. The highest BCUT2D eigenvalue weighted by Crippen LogP contribution is 2.29. The van der Waals surface area contributed by atoms with Crippen LogP contribution in [0.2, 0.25) is 0 Å². The number of rotatable bonds is 4. The van der Waals surface area contributed by atoms with Crippen molar-refractivity contribution in [3.8, 4) is 11.8 Å². The van der Waals surface area contributed by atoms with E-state index >= 15 is 0 Å². The summed E-state index contributed by atoms with van der Waals surface area (Å²) in [5, 5.41) is 11.7. The van der Waals surface area contributed by atoms with Gasteiger partial charge in [-0.2, -0.15) is 0 Å². The van der Waals surface area contributed by atoms with Gasteiger partial charge in [0.1, 0.15) is 0 Å². The van der Waals surface area contributed by atoms with Crippen LogP contribution in [0.25, 0.3) is 0 Å². The Morgan fingerprint density at radius 1 is 1.53 bits per heavy atom. The number of carbonyl (C=O) groups excluding carboxylic acids is 1. The SMILES string of the molecule is CC(NC(=O)C1CC1)c1cccc(C#CCCO)c1. The fourth-order valence-electron chi connectivity index (χ4n) is 1.87. The maximum atomic E-state index is 11.7. The summed E-state index contributed by atoms with van der Waals surface area (Å²) in [6.07, 6.45) is 2.52. The second kappa shape index (κ2) is 6.40. The van der Waals surface area contributed by atoms with Crippen molar-refractivity contribution in [2.75, 3.05) is 6.61 Å². The minimum atomic E-state index is 0.00712. The zero-order valence-electron chi connectivity index (χ0n) is 11.1. The molecule has 2 rings (SSSR count). The van der Waals surface area contributed by atoms with E-state index in [2.05, 4.69) is 17.2 Å². The minimum absolute atomic E-state index is 0.00712. The van der Waals surface area contributed by atoms with Gasteiger partial charge in [-0.25, -0.2) is 0 Å². The van der Waals surface area contributed by atoms with Crippen molar-refractivity contribution in [1.82, 2.24) is 5.32 Å². The Morgan fingerprint density at radius 2 is 2.32 bits per heavy atom. The molecule has 0 aromatic heterocycles. The molecule has 19 heavy (non-hydrogen) atoms. The standard InChI is InChI=1S/C16H19NO2/c1-12(17-16(19)14-8-9-14)15-7-4-6-13(11-15)5-2-3-10-18/h4,6-7,11-12,14,18H,3,8-10H2,1H3,(H,17,19). The summed E-state index contributed by atoms with van der Waals surface area (Å²) in [6.45, 7) is 2.07. The number of aliphatic hydroxyl groups excluding tert-OH is 1. The van der Waals surface area contributed by atoms with Crippen molar-refractivity contribution >= 4 is 5.91 Å². The molecule has 0 bridgehead atoms. The third-order valence-electron chi connectivity index (χ3n) is 3.16. The van der Waals surface area contributed by atoms with Gasteiger partial charge in [-0.3, -0.25) is 4.79 Å². The lowest BCUT2D eigenvalue weighted by atomic mass is 10.0. The lowest BCUT2D eigenvalue weighted by molar-refractivity contribution is -0.122. The van der Waals surface area contributed by atoms with E-state index in [-0.39, 0.29) is 24.5 Å². The molecule has 0 radical (unpaired) electrons. The zero-order valence-corrected chi connectivity index (χ0v) is 11.1. The number of hydrogen-bond acceptors (Lipinski definition) is 2. The number of benzene rings is 1. The molecule has 1 fully saturated rings. The number of carbonyl (C=O) groups is 1. The molecule has 1 aromatic rings. The third-order valence-corrected chi connectivity index (χ3v) is 3.16. The van der Waals surface area contributed by atoms with Crippen molar-refractivity contribution in [1.29, 1.82) is 0 Å². The van der Waals surface area contributed by atoms with Crippen molar-refractivity contribution in [3.63, 3.8) is 0 Å². The number of amides is 1. The van der Waals surface area contributed by atoms with Gasteiger partial charge in [-0.1, -0.05) is 24.0 Å². The summed E-state index contributed by atoms with van der Waals surface area (Å²) in [6, 6.07) is 7.87. The second-order valence-electron chi connectivity index (χ2n) is 4.91. The highest BCUT2D eigenvalue weighted by atomic mass is 16.2. The lowest BCUT2D eigenvalue weighted by Crippen LogP contribution is -2.27. The first-order valence-corrected chi connectivity index (χ1v) is 6.71. The first kappa shape index (κ1) is 13.6. The average molecular weight is 257 g/mol. The van der Waals surface area contributed by atoms with Crippen LogP contribution >= 0.6 is 0 Å². The molecule has 0 spiro atoms. The highest BCUT2D eigenvalue weighted by Gasteiger charge is 2.30. The molecule has 3 nitrogen and oxygen atoms in total. The Hall–Kier alpha value is -1.79. The van der Waals surface area contributed by atoms with Gasteiger partial charge in [-0.15, -0.1) is 0 Å². The van der Waals surface area contributed by atoms with Crippen molar-refractivity contribution in [2.45, 2.75) is 32.2 Å². The molecule has 0 aliphatic heterocycles. The molecule has 100 valence electrons. The average Bonchev–Trinajstić information content (AvgIpc) is 3.23. The fourth-order valence-corrected chi connectivity index (χ4v) is 1.87. The van der Waals surface area contributed by atoms with E-state index in [1.807, 2.05) is 31.2 Å². The maximum absolute atomic E-state index is 11.7. The second-order valence-corrected chi connectivity index (χ2v) is 4.91. The Balaban J connectivity index is 2.01. The smallest absolute Gasteiger partial charge is 0.223 e. The van der Waals surface area contributed by atoms with Gasteiger partial charge in [0.05, 0.1) is 12.6 Å². The zero-order chi connectivity index (χ0) is 13.7. The number of aliphatic hydroxyl groups is 1. The van der Waals surface area contributed by atoms with Crippen LogP contribution < -0.4 is 5.32 Å². The van der Waals surface area contributed by atoms with E-state index in [4.69, 9.17) is 5.11 Å². The van der Waals surface area contributed by atoms with E-state index in [0.717, 1.165) is 24.0 Å². The molecule has 1 aromatic carbocycles. The first-order valence-electron chi connectivity index (χ1n) is 6.71. The van der Waals surface area contributed by atoms with E-state index < -0.39 is 0 Å². The van der Waals surface area contributed by atoms with Gasteiger partial charge < -0.3 is 10.4 Å². The van der Waals surface area contributed by atoms with Crippen LogP contribution in [0.3, 0.4) is 0 Å². The van der Waals surface area contributed by atoms with E-state index in [1.165, 1.54) is 0 Å². The van der Waals surface area contributed by atoms with Crippen LogP contribution in [0.5, 0.6) is 0 Å². The van der Waals surface area contributed by atoms with Gasteiger partial charge in [0.2, 0.25) is 5.91 Å². The van der Waals surface area contributed by atoms with E-state index in [1.54, 1.807) is 0 Å². The van der Waals surface area contributed by atoms with Crippen LogP contribution in [0.1, 0.15) is 43.4 Å². The van der Waals surface area contributed by atoms with Crippen molar-refractivity contribution in [2.24, 2.45) is 5.92 Å². The van der Waals surface area contributed by atoms with Crippen molar-refractivity contribution < 1.29 is 9.90 Å². The van der Waals surface area contributed by atoms with E-state index in [0.29, 0.717) is 6.42 Å². The molecule has 1 unspecified atom stereocenters. The van der Waals surface area contributed by atoms with Gasteiger partial charge in [0, 0.05) is 17.9 Å². The van der Waals surface area contributed by atoms with Gasteiger partial charge in [-0.05, 0) is 37.5 Å². The summed E-state index contributed by atoms with van der Waals surface area (Å²) < 4.78 is 0. The summed E-state index contributed by atoms with van der Waals surface area (Å²) in [5.74, 6) is 6.29. The molecular weight excluding hydrogens is 238 g/mol. The summed E-state index contributed by atoms with van der Waals surface area (Å²) in [5.41, 5.74) is 1.98. The normalized spacial score (nSPS) is 15.3. The Kier molecular flexibility index (Phi) is 4.59. The summed E-state index contributed by atoms with van der Waals surface area (Å²) in [7, 11) is 0. The molecular formula is C16H19NO2. The molecule has 3 heteroatoms. The molecule has 1 atom stereocenters. The Bertz CT molecular complexity index is 509. The maximum Gasteiger partial charge on any atom is 0.223 e. The lowest BCUT2D eigenvalue weighted by Gasteiger charge is -2.14.